The highest BCUT2D eigenvalue weighted by molar-refractivity contribution is 6.10. The second-order valence-corrected chi connectivity index (χ2v) is 4.34. The third-order valence-corrected chi connectivity index (χ3v) is 3.04. The van der Waals surface area contributed by atoms with Crippen LogP contribution in [0.1, 0.15) is 15.9 Å². The Kier molecular flexibility index (Phi) is 2.99. The zero-order valence-electron chi connectivity index (χ0n) is 10.3. The number of benzene rings is 2. The molecule has 0 radical (unpaired) electrons. The van der Waals surface area contributed by atoms with Gasteiger partial charge < -0.3 is 0 Å². The van der Waals surface area contributed by atoms with Gasteiger partial charge >= 0.3 is 0 Å². The van der Waals surface area contributed by atoms with Crippen LogP contribution in [0, 0.1) is 11.6 Å². The number of halogens is 2. The van der Waals surface area contributed by atoms with Crippen LogP contribution in [0.25, 0.3) is 10.9 Å². The summed E-state index contributed by atoms with van der Waals surface area (Å²) in [4.78, 5) is 16.3. The van der Waals surface area contributed by atoms with Gasteiger partial charge in [0.2, 0.25) is 5.78 Å². The van der Waals surface area contributed by atoms with Crippen molar-refractivity contribution in [1.82, 2.24) is 4.98 Å². The van der Waals surface area contributed by atoms with Crippen molar-refractivity contribution in [1.29, 1.82) is 0 Å². The molecule has 0 aliphatic carbocycles. The average Bonchev–Trinajstić information content (AvgIpc) is 2.46. The number of pyridine rings is 1. The van der Waals surface area contributed by atoms with E-state index in [1.807, 2.05) is 12.1 Å². The molecule has 20 heavy (non-hydrogen) atoms. The maximum atomic E-state index is 13.6. The summed E-state index contributed by atoms with van der Waals surface area (Å²) in [7, 11) is 0. The van der Waals surface area contributed by atoms with Crippen molar-refractivity contribution < 1.29 is 13.6 Å². The minimum atomic E-state index is -0.872. The number of hydrogen-bond donors (Lipinski definition) is 0. The number of rotatable bonds is 2. The lowest BCUT2D eigenvalue weighted by Crippen LogP contribution is -2.07. The largest absolute Gasteiger partial charge is 0.288 e. The molecule has 0 spiro atoms. The van der Waals surface area contributed by atoms with Gasteiger partial charge in [-0.25, -0.2) is 8.78 Å². The van der Waals surface area contributed by atoms with E-state index in [0.29, 0.717) is 0 Å². The standard InChI is InChI=1S/C16H9F2NO/c17-12-5-3-6-13(18)15(12)16(20)11-8-10-4-1-2-7-14(10)19-9-11/h1-9H. The van der Waals surface area contributed by atoms with E-state index in [9.17, 15) is 13.6 Å². The fraction of sp³-hybridized carbons (Fsp3) is 0. The molecular weight excluding hydrogens is 260 g/mol. The molecule has 1 heterocycles. The van der Waals surface area contributed by atoms with Crippen molar-refractivity contribution in [2.45, 2.75) is 0 Å². The molecule has 0 fully saturated rings. The number of carbonyl (C=O) groups is 1. The summed E-state index contributed by atoms with van der Waals surface area (Å²) in [6, 6.07) is 12.1. The van der Waals surface area contributed by atoms with Crippen LogP contribution in [0.2, 0.25) is 0 Å². The number of hydrogen-bond acceptors (Lipinski definition) is 2. The Labute approximate surface area is 113 Å². The highest BCUT2D eigenvalue weighted by Crippen LogP contribution is 2.19. The zero-order chi connectivity index (χ0) is 14.1. The van der Waals surface area contributed by atoms with Crippen molar-refractivity contribution in [3.8, 4) is 0 Å². The Morgan fingerprint density at radius 2 is 1.65 bits per heavy atom. The van der Waals surface area contributed by atoms with Crippen LogP contribution in [0.5, 0.6) is 0 Å². The predicted molar refractivity (Wildman–Crippen MR) is 71.5 cm³/mol. The molecule has 98 valence electrons. The topological polar surface area (TPSA) is 30.0 Å². The van der Waals surface area contributed by atoms with Gasteiger partial charge in [0.1, 0.15) is 11.6 Å². The molecule has 2 aromatic carbocycles. The predicted octanol–water partition coefficient (Wildman–Crippen LogP) is 3.74. The highest BCUT2D eigenvalue weighted by atomic mass is 19.1. The smallest absolute Gasteiger partial charge is 0.200 e. The van der Waals surface area contributed by atoms with E-state index in [-0.39, 0.29) is 5.56 Å². The van der Waals surface area contributed by atoms with Crippen LogP contribution >= 0.6 is 0 Å². The number of ketones is 1. The first kappa shape index (κ1) is 12.4. The number of aromatic nitrogens is 1. The van der Waals surface area contributed by atoms with Crippen LogP contribution in [0.15, 0.2) is 54.7 Å². The van der Waals surface area contributed by atoms with E-state index in [1.54, 1.807) is 18.2 Å². The van der Waals surface area contributed by atoms with E-state index in [1.165, 1.54) is 12.3 Å². The normalized spacial score (nSPS) is 10.7. The fourth-order valence-electron chi connectivity index (χ4n) is 2.05. The monoisotopic (exact) mass is 269 g/mol. The van der Waals surface area contributed by atoms with Crippen molar-refractivity contribution in [2.24, 2.45) is 0 Å². The van der Waals surface area contributed by atoms with Crippen LogP contribution in [-0.2, 0) is 0 Å². The van der Waals surface area contributed by atoms with Gasteiger partial charge in [-0.05, 0) is 24.3 Å². The van der Waals surface area contributed by atoms with Gasteiger partial charge in [-0.1, -0.05) is 24.3 Å². The molecule has 0 aliphatic rings. The van der Waals surface area contributed by atoms with Crippen molar-refractivity contribution in [3.05, 3.63) is 77.5 Å². The molecule has 0 atom stereocenters. The molecule has 3 rings (SSSR count). The first-order chi connectivity index (χ1) is 9.66. The summed E-state index contributed by atoms with van der Waals surface area (Å²) < 4.78 is 27.2. The van der Waals surface area contributed by atoms with Gasteiger partial charge in [-0.2, -0.15) is 0 Å². The third-order valence-electron chi connectivity index (χ3n) is 3.04. The SMILES string of the molecule is O=C(c1cnc2ccccc2c1)c1c(F)cccc1F. The van der Waals surface area contributed by atoms with E-state index in [2.05, 4.69) is 4.98 Å². The minimum absolute atomic E-state index is 0.160. The van der Waals surface area contributed by atoms with Gasteiger partial charge in [0.15, 0.2) is 0 Å². The zero-order valence-corrected chi connectivity index (χ0v) is 10.3. The summed E-state index contributed by atoms with van der Waals surface area (Å²) in [5.74, 6) is -2.45. The Balaban J connectivity index is 2.13. The summed E-state index contributed by atoms with van der Waals surface area (Å²) in [6.45, 7) is 0. The molecule has 3 aromatic rings. The Bertz CT molecular complexity index is 794. The molecule has 0 N–H and O–H groups in total. The highest BCUT2D eigenvalue weighted by Gasteiger charge is 2.19. The molecule has 2 nitrogen and oxygen atoms in total. The van der Waals surface area contributed by atoms with Crippen molar-refractivity contribution in [3.63, 3.8) is 0 Å². The van der Waals surface area contributed by atoms with Crippen molar-refractivity contribution >= 4 is 16.7 Å². The van der Waals surface area contributed by atoms with E-state index < -0.39 is 23.0 Å². The molecule has 4 heteroatoms. The molecule has 0 amide bonds. The Morgan fingerprint density at radius 3 is 2.40 bits per heavy atom. The van der Waals surface area contributed by atoms with Crippen LogP contribution in [0.3, 0.4) is 0 Å². The van der Waals surface area contributed by atoms with Gasteiger partial charge in [-0.15, -0.1) is 0 Å². The summed E-state index contributed by atoms with van der Waals surface area (Å²) in [5, 5.41) is 0.745. The third kappa shape index (κ3) is 2.05. The molecule has 0 bridgehead atoms. The second-order valence-electron chi connectivity index (χ2n) is 4.34. The molecule has 1 aromatic heterocycles. The van der Waals surface area contributed by atoms with Gasteiger partial charge in [0.25, 0.3) is 0 Å². The number of nitrogens with zero attached hydrogens (tertiary/aromatic N) is 1. The first-order valence-electron chi connectivity index (χ1n) is 6.00. The summed E-state index contributed by atoms with van der Waals surface area (Å²) in [6.07, 6.45) is 1.33. The molecule has 0 unspecified atom stereocenters. The summed E-state index contributed by atoms with van der Waals surface area (Å²) >= 11 is 0. The summed E-state index contributed by atoms with van der Waals surface area (Å²) in [5.41, 5.74) is 0.329. The number of carbonyl (C=O) groups excluding carboxylic acids is 1. The molecular formula is C16H9F2NO. The maximum Gasteiger partial charge on any atom is 0.200 e. The van der Waals surface area contributed by atoms with Crippen molar-refractivity contribution in [2.75, 3.05) is 0 Å². The first-order valence-corrected chi connectivity index (χ1v) is 6.00. The number of fused-ring (bicyclic) bond motifs is 1. The second kappa shape index (κ2) is 4.81. The maximum absolute atomic E-state index is 13.6. The van der Waals surface area contributed by atoms with Crippen LogP contribution < -0.4 is 0 Å². The number of para-hydroxylation sites is 1. The van der Waals surface area contributed by atoms with Crippen LogP contribution in [-0.4, -0.2) is 10.8 Å². The molecule has 0 saturated heterocycles. The average molecular weight is 269 g/mol. The van der Waals surface area contributed by atoms with E-state index >= 15 is 0 Å². The van der Waals surface area contributed by atoms with E-state index in [4.69, 9.17) is 0 Å². The van der Waals surface area contributed by atoms with Gasteiger partial charge in [0.05, 0.1) is 11.1 Å². The lowest BCUT2D eigenvalue weighted by Gasteiger charge is -2.05. The van der Waals surface area contributed by atoms with Crippen LogP contribution in [0.4, 0.5) is 8.78 Å². The molecule has 0 saturated carbocycles. The Hall–Kier alpha value is -2.62. The van der Waals surface area contributed by atoms with Gasteiger partial charge in [0, 0.05) is 17.1 Å². The quantitative estimate of drug-likeness (QED) is 0.663. The fourth-order valence-corrected chi connectivity index (χ4v) is 2.05. The lowest BCUT2D eigenvalue weighted by molar-refractivity contribution is 0.103. The van der Waals surface area contributed by atoms with E-state index in [0.717, 1.165) is 23.0 Å². The van der Waals surface area contributed by atoms with Gasteiger partial charge in [-0.3, -0.25) is 9.78 Å². The lowest BCUT2D eigenvalue weighted by atomic mass is 10.0. The Morgan fingerprint density at radius 1 is 0.950 bits per heavy atom. The minimum Gasteiger partial charge on any atom is -0.288 e. The molecule has 0 aliphatic heterocycles.